The largest absolute Gasteiger partial charge is 0.397 e. The molecule has 33 heavy (non-hydrogen) atoms. The first-order chi connectivity index (χ1) is 16.2. The highest BCUT2D eigenvalue weighted by molar-refractivity contribution is 7.80. The van der Waals surface area contributed by atoms with Crippen molar-refractivity contribution >= 4 is 40.1 Å². The summed E-state index contributed by atoms with van der Waals surface area (Å²) in [7, 11) is 0. The van der Waals surface area contributed by atoms with Gasteiger partial charge in [-0.2, -0.15) is 5.26 Å². The number of thiocarbonyl (C=S) groups is 1. The van der Waals surface area contributed by atoms with Crippen LogP contribution in [-0.2, 0) is 6.42 Å². The Morgan fingerprint density at radius 1 is 1.27 bits per heavy atom. The maximum absolute atomic E-state index is 9.46. The molecule has 0 saturated carbocycles. The lowest BCUT2D eigenvalue weighted by Crippen LogP contribution is -2.29. The fraction of sp³-hybridized carbons (Fsp3) is 0.520. The van der Waals surface area contributed by atoms with Gasteiger partial charge in [0.15, 0.2) is 0 Å². The maximum atomic E-state index is 9.46. The van der Waals surface area contributed by atoms with Gasteiger partial charge in [-0.3, -0.25) is 0 Å². The van der Waals surface area contributed by atoms with Crippen LogP contribution in [0.5, 0.6) is 0 Å². The zero-order chi connectivity index (χ0) is 24.2. The van der Waals surface area contributed by atoms with E-state index in [1.54, 1.807) is 17.5 Å². The number of nitrogens with one attached hydrogen (secondary N) is 1. The average Bonchev–Trinajstić information content (AvgIpc) is 3.11. The first-order valence-corrected chi connectivity index (χ1v) is 13.3. The number of rotatable bonds is 4. The van der Waals surface area contributed by atoms with Crippen molar-refractivity contribution in [3.05, 3.63) is 45.4 Å². The van der Waals surface area contributed by atoms with Crippen molar-refractivity contribution in [2.24, 2.45) is 5.73 Å². The van der Waals surface area contributed by atoms with Crippen LogP contribution >= 0.6 is 23.6 Å². The molecule has 2 aromatic heterocycles. The van der Waals surface area contributed by atoms with Crippen LogP contribution in [0.4, 0.5) is 5.95 Å². The van der Waals surface area contributed by atoms with E-state index < -0.39 is 0 Å². The minimum absolute atomic E-state index is 0.0752. The number of nitrogens with zero attached hydrogens (tertiary/aromatic N) is 4. The first kappa shape index (κ1) is 26.9. The van der Waals surface area contributed by atoms with E-state index >= 15 is 0 Å². The third-order valence-corrected chi connectivity index (χ3v) is 6.94. The Kier molecular flexibility index (Phi) is 11.4. The number of aryl methyl sites for hydroxylation is 1. The lowest BCUT2D eigenvalue weighted by molar-refractivity contribution is 0.664. The normalized spacial score (nSPS) is 17.8. The molecule has 2 aromatic rings. The third kappa shape index (κ3) is 6.83. The Morgan fingerprint density at radius 3 is 2.82 bits per heavy atom. The van der Waals surface area contributed by atoms with Crippen LogP contribution in [-0.4, -0.2) is 41.0 Å². The van der Waals surface area contributed by atoms with Gasteiger partial charge < -0.3 is 16.0 Å². The van der Waals surface area contributed by atoms with Crippen molar-refractivity contribution in [1.29, 1.82) is 5.26 Å². The summed E-state index contributed by atoms with van der Waals surface area (Å²) in [5, 5.41) is 14.8. The summed E-state index contributed by atoms with van der Waals surface area (Å²) in [6.45, 7) is 11.8. The summed E-state index contributed by atoms with van der Waals surface area (Å²) in [4.78, 5) is 13.4. The van der Waals surface area contributed by atoms with Crippen LogP contribution in [0.2, 0.25) is 0 Å². The fourth-order valence-corrected chi connectivity index (χ4v) is 5.44. The second kappa shape index (κ2) is 14.0. The summed E-state index contributed by atoms with van der Waals surface area (Å²) in [6, 6.07) is 4.15. The van der Waals surface area contributed by atoms with Crippen molar-refractivity contribution in [1.82, 2.24) is 15.3 Å². The molecule has 178 valence electrons. The summed E-state index contributed by atoms with van der Waals surface area (Å²) in [5.74, 6) is 0.782. The quantitative estimate of drug-likeness (QED) is 0.463. The minimum atomic E-state index is 0.0752. The van der Waals surface area contributed by atoms with Crippen LogP contribution in [0.25, 0.3) is 5.70 Å². The molecular formula is C25H36N6S2. The predicted molar refractivity (Wildman–Crippen MR) is 144 cm³/mol. The number of allylic oxidation sites excluding steroid dienone is 1. The first-order valence-electron chi connectivity index (χ1n) is 12.0. The zero-order valence-corrected chi connectivity index (χ0v) is 21.9. The zero-order valence-electron chi connectivity index (χ0n) is 20.2. The van der Waals surface area contributed by atoms with Gasteiger partial charge in [-0.15, -0.1) is 11.3 Å². The Morgan fingerprint density at radius 2 is 2.06 bits per heavy atom. The summed E-state index contributed by atoms with van der Waals surface area (Å²) in [5.41, 5.74) is 9.49. The Labute approximate surface area is 207 Å². The van der Waals surface area contributed by atoms with Crippen molar-refractivity contribution in [2.75, 3.05) is 31.1 Å². The monoisotopic (exact) mass is 484 g/mol. The summed E-state index contributed by atoms with van der Waals surface area (Å²) >= 11 is 7.42. The maximum Gasteiger partial charge on any atom is 0.225 e. The molecular weight excluding hydrogens is 448 g/mol. The standard InChI is InChI=1S/C21H24N6S2.2C2H6/c22-12-14-13-29-19-4-1-3-15(20(14)19)18(28)11-16(23)17-5-7-25-21(26-17)27-9-2-6-24-8-10-27;2*1-2/h5,7,11,13,15,24H,1-4,6,8-10,23H2;2*1-2H3/b16-11-;;/t15-;;/m1../s1. The number of fused-ring (bicyclic) bond motifs is 1. The molecule has 4 rings (SSSR count). The van der Waals surface area contributed by atoms with E-state index in [1.807, 2.05) is 45.2 Å². The Balaban J connectivity index is 0.000000914. The van der Waals surface area contributed by atoms with Gasteiger partial charge >= 0.3 is 0 Å². The molecule has 0 unspecified atom stereocenters. The molecule has 0 radical (unpaired) electrons. The van der Waals surface area contributed by atoms with Gasteiger partial charge in [0.2, 0.25) is 5.95 Å². The Hall–Kier alpha value is -2.34. The van der Waals surface area contributed by atoms with Gasteiger partial charge in [0, 0.05) is 46.9 Å². The summed E-state index contributed by atoms with van der Waals surface area (Å²) < 4.78 is 0. The molecule has 3 heterocycles. The van der Waals surface area contributed by atoms with Gasteiger partial charge in [0.1, 0.15) is 6.07 Å². The van der Waals surface area contributed by atoms with Crippen molar-refractivity contribution in [2.45, 2.75) is 59.3 Å². The van der Waals surface area contributed by atoms with Crippen LogP contribution in [0.1, 0.15) is 74.6 Å². The lowest BCUT2D eigenvalue weighted by Gasteiger charge is -2.23. The number of aromatic nitrogens is 2. The SMILES string of the molecule is CC.CC.N#Cc1csc2c1[C@@H](C(=S)/C=C(\N)c1ccnc(N3CCCNCC3)n1)CCC2. The highest BCUT2D eigenvalue weighted by Gasteiger charge is 2.27. The van der Waals surface area contributed by atoms with Gasteiger partial charge in [-0.05, 0) is 49.9 Å². The molecule has 2 aliphatic rings. The molecule has 0 amide bonds. The molecule has 8 heteroatoms. The molecule has 0 bridgehead atoms. The molecule has 1 fully saturated rings. The van der Waals surface area contributed by atoms with E-state index in [0.29, 0.717) is 17.3 Å². The van der Waals surface area contributed by atoms with Crippen molar-refractivity contribution in [3.63, 3.8) is 0 Å². The minimum Gasteiger partial charge on any atom is -0.397 e. The lowest BCUT2D eigenvalue weighted by atomic mass is 9.83. The molecule has 1 atom stereocenters. The van der Waals surface area contributed by atoms with E-state index in [-0.39, 0.29) is 5.92 Å². The molecule has 3 N–H and O–H groups in total. The van der Waals surface area contributed by atoms with Crippen LogP contribution in [0.15, 0.2) is 23.7 Å². The van der Waals surface area contributed by atoms with Crippen molar-refractivity contribution < 1.29 is 0 Å². The number of thiophene rings is 1. The summed E-state index contributed by atoms with van der Waals surface area (Å²) in [6.07, 6.45) is 7.73. The third-order valence-electron chi connectivity index (χ3n) is 5.48. The number of nitrogens with two attached hydrogens (primary N) is 1. The fourth-order valence-electron chi connectivity index (χ4n) is 4.00. The molecule has 1 saturated heterocycles. The number of nitriles is 1. The topological polar surface area (TPSA) is 90.9 Å². The number of hydrogen-bond acceptors (Lipinski definition) is 8. The molecule has 1 aliphatic heterocycles. The van der Waals surface area contributed by atoms with E-state index in [2.05, 4.69) is 26.3 Å². The predicted octanol–water partition coefficient (Wildman–Crippen LogP) is 5.05. The van der Waals surface area contributed by atoms with Crippen molar-refractivity contribution in [3.8, 4) is 6.07 Å². The number of anilines is 1. The smallest absolute Gasteiger partial charge is 0.225 e. The van der Waals surface area contributed by atoms with Gasteiger partial charge in [-0.25, -0.2) is 9.97 Å². The highest BCUT2D eigenvalue weighted by atomic mass is 32.1. The van der Waals surface area contributed by atoms with E-state index in [0.717, 1.165) is 67.9 Å². The number of hydrogen-bond donors (Lipinski definition) is 2. The second-order valence-corrected chi connectivity index (χ2v) is 8.81. The molecule has 6 nitrogen and oxygen atoms in total. The van der Waals surface area contributed by atoms with Crippen LogP contribution in [0.3, 0.4) is 0 Å². The van der Waals surface area contributed by atoms with E-state index in [4.69, 9.17) is 18.0 Å². The highest BCUT2D eigenvalue weighted by Crippen LogP contribution is 2.39. The second-order valence-electron chi connectivity index (χ2n) is 7.38. The van der Waals surface area contributed by atoms with Gasteiger partial charge in [-0.1, -0.05) is 39.9 Å². The van der Waals surface area contributed by atoms with E-state index in [1.165, 1.54) is 4.88 Å². The van der Waals surface area contributed by atoms with Gasteiger partial charge in [0.05, 0.1) is 17.0 Å². The molecule has 0 spiro atoms. The Bertz CT molecular complexity index is 968. The average molecular weight is 485 g/mol. The van der Waals surface area contributed by atoms with Crippen LogP contribution in [0, 0.1) is 11.3 Å². The van der Waals surface area contributed by atoms with E-state index in [9.17, 15) is 5.26 Å². The molecule has 1 aliphatic carbocycles. The van der Waals surface area contributed by atoms with Gasteiger partial charge in [0.25, 0.3) is 0 Å². The van der Waals surface area contributed by atoms with Crippen LogP contribution < -0.4 is 16.0 Å². The molecule has 0 aromatic carbocycles.